The molecule has 0 spiro atoms. The molecule has 1 aromatic carbocycles. The lowest BCUT2D eigenvalue weighted by molar-refractivity contribution is -0.142. The highest BCUT2D eigenvalue weighted by atomic mass is 32.2. The van der Waals surface area contributed by atoms with Crippen molar-refractivity contribution in [3.8, 4) is 0 Å². The molecule has 1 N–H and O–H groups in total. The van der Waals surface area contributed by atoms with E-state index in [1.54, 1.807) is 19.1 Å². The van der Waals surface area contributed by atoms with E-state index in [0.29, 0.717) is 5.56 Å². The van der Waals surface area contributed by atoms with Crippen molar-refractivity contribution in [2.24, 2.45) is 0 Å². The lowest BCUT2D eigenvalue weighted by Crippen LogP contribution is -2.39. The molecule has 0 amide bonds. The molecular weight excluding hydrogens is 254 g/mol. The SMILES string of the molecule is COC(=O)C(C)NS(=O)(=O)c1ccc(C)cc1C. The average molecular weight is 271 g/mol. The first kappa shape index (κ1) is 14.7. The zero-order valence-electron chi connectivity index (χ0n) is 10.9. The highest BCUT2D eigenvalue weighted by molar-refractivity contribution is 7.89. The molecule has 1 aromatic rings. The Labute approximate surface area is 107 Å². The molecule has 1 unspecified atom stereocenters. The predicted molar refractivity (Wildman–Crippen MR) is 67.7 cm³/mol. The number of hydrogen-bond acceptors (Lipinski definition) is 4. The summed E-state index contributed by atoms with van der Waals surface area (Å²) in [6.45, 7) is 5.03. The second-order valence-electron chi connectivity index (χ2n) is 4.14. The Morgan fingerprint density at radius 2 is 1.94 bits per heavy atom. The predicted octanol–water partition coefficient (Wildman–Crippen LogP) is 1.14. The molecule has 0 radical (unpaired) electrons. The molecule has 0 aliphatic heterocycles. The third-order valence-electron chi connectivity index (χ3n) is 2.51. The quantitative estimate of drug-likeness (QED) is 0.834. The lowest BCUT2D eigenvalue weighted by Gasteiger charge is -2.13. The van der Waals surface area contributed by atoms with Gasteiger partial charge in [0.15, 0.2) is 0 Å². The number of hydrogen-bond donors (Lipinski definition) is 1. The fraction of sp³-hybridized carbons (Fsp3) is 0.417. The number of rotatable bonds is 4. The average Bonchev–Trinajstić information content (AvgIpc) is 2.26. The Morgan fingerprint density at radius 1 is 1.33 bits per heavy atom. The summed E-state index contributed by atoms with van der Waals surface area (Å²) in [5.74, 6) is -0.622. The fourth-order valence-electron chi connectivity index (χ4n) is 1.62. The van der Waals surface area contributed by atoms with Gasteiger partial charge in [-0.25, -0.2) is 8.42 Å². The van der Waals surface area contributed by atoms with Crippen molar-refractivity contribution in [1.82, 2.24) is 4.72 Å². The van der Waals surface area contributed by atoms with Gasteiger partial charge in [-0.05, 0) is 32.4 Å². The van der Waals surface area contributed by atoms with Crippen molar-refractivity contribution < 1.29 is 17.9 Å². The fourth-order valence-corrected chi connectivity index (χ4v) is 3.04. The van der Waals surface area contributed by atoms with Crippen LogP contribution >= 0.6 is 0 Å². The lowest BCUT2D eigenvalue weighted by atomic mass is 10.2. The van der Waals surface area contributed by atoms with Crippen LogP contribution in [0, 0.1) is 13.8 Å². The van der Waals surface area contributed by atoms with E-state index < -0.39 is 22.0 Å². The second kappa shape index (κ2) is 5.49. The van der Waals surface area contributed by atoms with Gasteiger partial charge in [0.25, 0.3) is 0 Å². The summed E-state index contributed by atoms with van der Waals surface area (Å²) in [6.07, 6.45) is 0. The highest BCUT2D eigenvalue weighted by Crippen LogP contribution is 2.16. The molecule has 0 saturated heterocycles. The van der Waals surface area contributed by atoms with E-state index in [1.807, 2.05) is 6.92 Å². The molecule has 0 aliphatic carbocycles. The Hall–Kier alpha value is -1.40. The standard InChI is InChI=1S/C12H17NO4S/c1-8-5-6-11(9(2)7-8)18(15,16)13-10(3)12(14)17-4/h5-7,10,13H,1-4H3. The number of benzene rings is 1. The molecule has 5 nitrogen and oxygen atoms in total. The van der Waals surface area contributed by atoms with Crippen LogP contribution in [0.4, 0.5) is 0 Å². The van der Waals surface area contributed by atoms with E-state index >= 15 is 0 Å². The van der Waals surface area contributed by atoms with E-state index in [9.17, 15) is 13.2 Å². The summed E-state index contributed by atoms with van der Waals surface area (Å²) in [5, 5.41) is 0. The molecule has 6 heteroatoms. The van der Waals surface area contributed by atoms with Gasteiger partial charge in [-0.2, -0.15) is 4.72 Å². The number of carbonyl (C=O) groups excluding carboxylic acids is 1. The van der Waals surface area contributed by atoms with Crippen LogP contribution in [0.15, 0.2) is 23.1 Å². The summed E-state index contributed by atoms with van der Waals surface area (Å²) < 4.78 is 30.9. The van der Waals surface area contributed by atoms with Crippen LogP contribution in [0.3, 0.4) is 0 Å². The van der Waals surface area contributed by atoms with Crippen molar-refractivity contribution >= 4 is 16.0 Å². The van der Waals surface area contributed by atoms with E-state index in [0.717, 1.165) is 5.56 Å². The molecule has 0 bridgehead atoms. The molecule has 0 saturated carbocycles. The summed E-state index contributed by atoms with van der Waals surface area (Å²) in [6, 6.07) is 4.10. The maximum atomic E-state index is 12.1. The van der Waals surface area contributed by atoms with Gasteiger partial charge in [0.2, 0.25) is 10.0 Å². The molecular formula is C12H17NO4S. The van der Waals surface area contributed by atoms with E-state index in [4.69, 9.17) is 0 Å². The number of nitrogens with one attached hydrogen (secondary N) is 1. The van der Waals surface area contributed by atoms with E-state index in [-0.39, 0.29) is 4.90 Å². The summed E-state index contributed by atoms with van der Waals surface area (Å²) >= 11 is 0. The summed E-state index contributed by atoms with van der Waals surface area (Å²) in [4.78, 5) is 11.4. The topological polar surface area (TPSA) is 72.5 Å². The zero-order valence-corrected chi connectivity index (χ0v) is 11.7. The van der Waals surface area contributed by atoms with Crippen LogP contribution in [0.5, 0.6) is 0 Å². The smallest absolute Gasteiger partial charge is 0.323 e. The number of methoxy groups -OCH3 is 1. The van der Waals surface area contributed by atoms with Crippen molar-refractivity contribution in [3.63, 3.8) is 0 Å². The maximum Gasteiger partial charge on any atom is 0.323 e. The minimum absolute atomic E-state index is 0.170. The van der Waals surface area contributed by atoms with Crippen LogP contribution in [0.2, 0.25) is 0 Å². The molecule has 100 valence electrons. The molecule has 0 aliphatic rings. The number of sulfonamides is 1. The van der Waals surface area contributed by atoms with Gasteiger partial charge in [-0.3, -0.25) is 4.79 Å². The van der Waals surface area contributed by atoms with Crippen LogP contribution in [0.1, 0.15) is 18.1 Å². The van der Waals surface area contributed by atoms with Crippen LogP contribution < -0.4 is 4.72 Å². The van der Waals surface area contributed by atoms with Crippen molar-refractivity contribution in [2.45, 2.75) is 31.7 Å². The minimum Gasteiger partial charge on any atom is -0.468 e. The first-order valence-corrected chi connectivity index (χ1v) is 6.93. The normalized spacial score (nSPS) is 13.1. The second-order valence-corrected chi connectivity index (χ2v) is 5.82. The van der Waals surface area contributed by atoms with Crippen molar-refractivity contribution in [2.75, 3.05) is 7.11 Å². The Balaban J connectivity index is 3.04. The van der Waals surface area contributed by atoms with Gasteiger partial charge in [-0.1, -0.05) is 17.7 Å². The molecule has 0 heterocycles. The largest absolute Gasteiger partial charge is 0.468 e. The Bertz CT molecular complexity index is 551. The highest BCUT2D eigenvalue weighted by Gasteiger charge is 2.23. The molecule has 1 atom stereocenters. The monoisotopic (exact) mass is 271 g/mol. The number of esters is 1. The maximum absolute atomic E-state index is 12.1. The first-order valence-electron chi connectivity index (χ1n) is 5.45. The van der Waals surface area contributed by atoms with Gasteiger partial charge >= 0.3 is 5.97 Å². The minimum atomic E-state index is -3.71. The summed E-state index contributed by atoms with van der Waals surface area (Å²) in [5.41, 5.74) is 1.62. The Kier molecular flexibility index (Phi) is 4.48. The van der Waals surface area contributed by atoms with Gasteiger partial charge in [-0.15, -0.1) is 0 Å². The van der Waals surface area contributed by atoms with Crippen LogP contribution in [0.25, 0.3) is 0 Å². The third-order valence-corrected chi connectivity index (χ3v) is 4.21. The summed E-state index contributed by atoms with van der Waals surface area (Å²) in [7, 11) is -2.50. The number of aryl methyl sites for hydroxylation is 2. The van der Waals surface area contributed by atoms with E-state index in [1.165, 1.54) is 20.1 Å². The molecule has 1 rings (SSSR count). The number of ether oxygens (including phenoxy) is 1. The molecule has 0 aromatic heterocycles. The van der Waals surface area contributed by atoms with E-state index in [2.05, 4.69) is 9.46 Å². The molecule has 18 heavy (non-hydrogen) atoms. The van der Waals surface area contributed by atoms with Crippen molar-refractivity contribution in [1.29, 1.82) is 0 Å². The first-order chi connectivity index (χ1) is 8.27. The third kappa shape index (κ3) is 3.30. The van der Waals surface area contributed by atoms with Gasteiger partial charge < -0.3 is 4.74 Å². The van der Waals surface area contributed by atoms with Crippen molar-refractivity contribution in [3.05, 3.63) is 29.3 Å². The van der Waals surface area contributed by atoms with Gasteiger partial charge in [0.05, 0.1) is 12.0 Å². The zero-order chi connectivity index (χ0) is 13.9. The number of carbonyl (C=O) groups is 1. The van der Waals surface area contributed by atoms with Gasteiger partial charge in [0.1, 0.15) is 6.04 Å². The van der Waals surface area contributed by atoms with Crippen LogP contribution in [-0.2, 0) is 19.6 Å². The molecule has 0 fully saturated rings. The van der Waals surface area contributed by atoms with Crippen LogP contribution in [-0.4, -0.2) is 27.5 Å². The van der Waals surface area contributed by atoms with Gasteiger partial charge in [0, 0.05) is 0 Å². The Morgan fingerprint density at radius 3 is 2.44 bits per heavy atom.